The Kier molecular flexibility index (Phi) is 7.82. The largest absolute Gasteiger partial charge is 0.456 e. The van der Waals surface area contributed by atoms with Crippen molar-refractivity contribution in [1.29, 1.82) is 0 Å². The molecule has 27 heavy (non-hydrogen) atoms. The molecule has 0 aliphatic rings. The lowest BCUT2D eigenvalue weighted by Gasteiger charge is -2.08. The van der Waals surface area contributed by atoms with Crippen LogP contribution in [0.4, 0.5) is 5.69 Å². The first-order valence-corrected chi connectivity index (χ1v) is 8.88. The van der Waals surface area contributed by atoms with E-state index in [2.05, 4.69) is 10.6 Å². The van der Waals surface area contributed by atoms with E-state index in [1.807, 2.05) is 25.1 Å². The Labute approximate surface area is 162 Å². The molecule has 0 saturated carbocycles. The molecule has 6 nitrogen and oxygen atoms in total. The molecular weight excluding hydrogens is 368 g/mol. The number of halogens is 1. The van der Waals surface area contributed by atoms with Crippen LogP contribution in [0.5, 0.6) is 0 Å². The molecule has 0 radical (unpaired) electrons. The minimum Gasteiger partial charge on any atom is -0.456 e. The Balaban J connectivity index is 1.61. The summed E-state index contributed by atoms with van der Waals surface area (Å²) in [6, 6.07) is 13.8. The summed E-state index contributed by atoms with van der Waals surface area (Å²) in [5.41, 5.74) is 2.17. The highest BCUT2D eigenvalue weighted by Gasteiger charge is 2.09. The Bertz CT molecular complexity index is 806. The predicted molar refractivity (Wildman–Crippen MR) is 104 cm³/mol. The Morgan fingerprint density at radius 1 is 1.07 bits per heavy atom. The molecule has 2 amide bonds. The highest BCUT2D eigenvalue weighted by molar-refractivity contribution is 6.30. The Hall–Kier alpha value is -2.86. The summed E-state index contributed by atoms with van der Waals surface area (Å²) in [5.74, 6) is -1.13. The van der Waals surface area contributed by atoms with E-state index in [4.69, 9.17) is 16.3 Å². The van der Waals surface area contributed by atoms with Crippen LogP contribution in [-0.4, -0.2) is 30.9 Å². The summed E-state index contributed by atoms with van der Waals surface area (Å²) < 4.78 is 4.93. The first kappa shape index (κ1) is 20.5. The van der Waals surface area contributed by atoms with Crippen LogP contribution in [0.15, 0.2) is 48.5 Å². The van der Waals surface area contributed by atoms with E-state index in [0.29, 0.717) is 29.2 Å². The van der Waals surface area contributed by atoms with Crippen molar-refractivity contribution < 1.29 is 19.1 Å². The number of ether oxygens (including phenoxy) is 1. The van der Waals surface area contributed by atoms with Gasteiger partial charge in [-0.3, -0.25) is 14.4 Å². The second kappa shape index (κ2) is 10.3. The zero-order chi connectivity index (χ0) is 19.6. The standard InChI is InChI=1S/C20H21ClN2O4/c1-14-4-2-5-17(12-14)23-18(24)13-27-19(25)6-3-11-22-20(26)15-7-9-16(21)10-8-15/h2,4-5,7-10,12H,3,6,11,13H2,1H3,(H,22,26)(H,23,24). The topological polar surface area (TPSA) is 84.5 Å². The molecule has 0 aliphatic heterocycles. The number of benzene rings is 2. The minimum absolute atomic E-state index is 0.110. The van der Waals surface area contributed by atoms with Crippen LogP contribution in [-0.2, 0) is 14.3 Å². The normalized spacial score (nSPS) is 10.1. The van der Waals surface area contributed by atoms with Gasteiger partial charge in [-0.05, 0) is 55.3 Å². The van der Waals surface area contributed by atoms with Crippen LogP contribution >= 0.6 is 11.6 Å². The van der Waals surface area contributed by atoms with Crippen LogP contribution in [0.3, 0.4) is 0 Å². The fourth-order valence-corrected chi connectivity index (χ4v) is 2.40. The maximum absolute atomic E-state index is 11.9. The molecule has 2 aromatic carbocycles. The number of rotatable bonds is 8. The molecule has 7 heteroatoms. The fraction of sp³-hybridized carbons (Fsp3) is 0.250. The molecule has 2 aromatic rings. The number of carbonyl (C=O) groups excluding carboxylic acids is 3. The molecule has 2 rings (SSSR count). The van der Waals surface area contributed by atoms with Crippen LogP contribution in [0.25, 0.3) is 0 Å². The van der Waals surface area contributed by atoms with Gasteiger partial charge in [-0.25, -0.2) is 0 Å². The zero-order valence-electron chi connectivity index (χ0n) is 15.0. The van der Waals surface area contributed by atoms with Crippen LogP contribution in [0, 0.1) is 6.92 Å². The lowest BCUT2D eigenvalue weighted by Crippen LogP contribution is -2.25. The molecule has 0 aromatic heterocycles. The van der Waals surface area contributed by atoms with Crippen LogP contribution in [0.2, 0.25) is 5.02 Å². The quantitative estimate of drug-likeness (QED) is 0.536. The Morgan fingerprint density at radius 3 is 2.52 bits per heavy atom. The average Bonchev–Trinajstić information content (AvgIpc) is 2.64. The predicted octanol–water partition coefficient (Wildman–Crippen LogP) is 3.34. The van der Waals surface area contributed by atoms with Crippen molar-refractivity contribution in [2.24, 2.45) is 0 Å². The van der Waals surface area contributed by atoms with Gasteiger partial charge in [-0.1, -0.05) is 23.7 Å². The molecular formula is C20H21ClN2O4. The third-order valence-electron chi connectivity index (χ3n) is 3.62. The summed E-state index contributed by atoms with van der Waals surface area (Å²) in [5, 5.41) is 5.92. The van der Waals surface area contributed by atoms with Gasteiger partial charge in [-0.2, -0.15) is 0 Å². The van der Waals surface area contributed by atoms with E-state index >= 15 is 0 Å². The summed E-state index contributed by atoms with van der Waals surface area (Å²) in [6.07, 6.45) is 0.524. The number of anilines is 1. The maximum Gasteiger partial charge on any atom is 0.306 e. The van der Waals surface area contributed by atoms with Crippen molar-refractivity contribution in [2.45, 2.75) is 19.8 Å². The summed E-state index contributed by atoms with van der Waals surface area (Å²) in [4.78, 5) is 35.3. The summed E-state index contributed by atoms with van der Waals surface area (Å²) in [6.45, 7) is 1.90. The number of esters is 1. The zero-order valence-corrected chi connectivity index (χ0v) is 15.7. The lowest BCUT2D eigenvalue weighted by molar-refractivity contribution is -0.147. The highest BCUT2D eigenvalue weighted by Crippen LogP contribution is 2.10. The van der Waals surface area contributed by atoms with Gasteiger partial charge in [0.2, 0.25) is 0 Å². The van der Waals surface area contributed by atoms with Gasteiger partial charge < -0.3 is 15.4 Å². The maximum atomic E-state index is 11.9. The lowest BCUT2D eigenvalue weighted by atomic mass is 10.2. The van der Waals surface area contributed by atoms with Gasteiger partial charge >= 0.3 is 5.97 Å². The first-order valence-electron chi connectivity index (χ1n) is 8.50. The second-order valence-electron chi connectivity index (χ2n) is 5.94. The number of hydrogen-bond acceptors (Lipinski definition) is 4. The second-order valence-corrected chi connectivity index (χ2v) is 6.38. The van der Waals surface area contributed by atoms with Crippen molar-refractivity contribution in [3.05, 3.63) is 64.7 Å². The molecule has 0 bridgehead atoms. The molecule has 0 spiro atoms. The van der Waals surface area contributed by atoms with Gasteiger partial charge in [0, 0.05) is 29.2 Å². The number of amides is 2. The van der Waals surface area contributed by atoms with Crippen LogP contribution < -0.4 is 10.6 Å². The van der Waals surface area contributed by atoms with E-state index in [1.54, 1.807) is 30.3 Å². The van der Waals surface area contributed by atoms with Crippen molar-refractivity contribution in [1.82, 2.24) is 5.32 Å². The third kappa shape index (κ3) is 7.50. The molecule has 2 N–H and O–H groups in total. The molecule has 142 valence electrons. The number of carbonyl (C=O) groups is 3. The number of hydrogen-bond donors (Lipinski definition) is 2. The van der Waals surface area contributed by atoms with Crippen molar-refractivity contribution >= 4 is 35.1 Å². The summed E-state index contributed by atoms with van der Waals surface area (Å²) in [7, 11) is 0. The third-order valence-corrected chi connectivity index (χ3v) is 3.87. The number of nitrogens with one attached hydrogen (secondary N) is 2. The number of aryl methyl sites for hydroxylation is 1. The molecule has 0 heterocycles. The van der Waals surface area contributed by atoms with E-state index < -0.39 is 11.9 Å². The Morgan fingerprint density at radius 2 is 1.81 bits per heavy atom. The van der Waals surface area contributed by atoms with E-state index in [1.165, 1.54) is 0 Å². The van der Waals surface area contributed by atoms with Crippen molar-refractivity contribution in [2.75, 3.05) is 18.5 Å². The van der Waals surface area contributed by atoms with Crippen LogP contribution in [0.1, 0.15) is 28.8 Å². The van der Waals surface area contributed by atoms with Gasteiger partial charge in [0.1, 0.15) is 0 Å². The van der Waals surface area contributed by atoms with E-state index in [-0.39, 0.29) is 18.9 Å². The summed E-state index contributed by atoms with van der Waals surface area (Å²) >= 11 is 5.77. The fourth-order valence-electron chi connectivity index (χ4n) is 2.28. The van der Waals surface area contributed by atoms with Gasteiger partial charge in [0.05, 0.1) is 0 Å². The van der Waals surface area contributed by atoms with Crippen molar-refractivity contribution in [3.63, 3.8) is 0 Å². The van der Waals surface area contributed by atoms with Gasteiger partial charge in [0.15, 0.2) is 6.61 Å². The SMILES string of the molecule is Cc1cccc(NC(=O)COC(=O)CCCNC(=O)c2ccc(Cl)cc2)c1. The highest BCUT2D eigenvalue weighted by atomic mass is 35.5. The molecule has 0 aliphatic carbocycles. The molecule has 0 saturated heterocycles. The molecule has 0 atom stereocenters. The van der Waals surface area contributed by atoms with E-state index in [9.17, 15) is 14.4 Å². The average molecular weight is 389 g/mol. The molecule has 0 unspecified atom stereocenters. The van der Waals surface area contributed by atoms with Gasteiger partial charge in [0.25, 0.3) is 11.8 Å². The smallest absolute Gasteiger partial charge is 0.306 e. The van der Waals surface area contributed by atoms with Crippen molar-refractivity contribution in [3.8, 4) is 0 Å². The van der Waals surface area contributed by atoms with Gasteiger partial charge in [-0.15, -0.1) is 0 Å². The van der Waals surface area contributed by atoms with E-state index in [0.717, 1.165) is 5.56 Å². The monoisotopic (exact) mass is 388 g/mol. The minimum atomic E-state index is -0.491. The molecule has 0 fully saturated rings. The first-order chi connectivity index (χ1) is 12.9.